The number of carbonyl (C=O) groups excluding carboxylic acids is 2. The average molecular weight is 271 g/mol. The molecule has 0 radical (unpaired) electrons. The number of ether oxygens (including phenoxy) is 1. The molecule has 0 bridgehead atoms. The quantitative estimate of drug-likeness (QED) is 0.861. The van der Waals surface area contributed by atoms with Gasteiger partial charge in [-0.15, -0.1) is 0 Å². The van der Waals surface area contributed by atoms with Crippen LogP contribution in [0.5, 0.6) is 0 Å². The van der Waals surface area contributed by atoms with Gasteiger partial charge in [-0.2, -0.15) is 10.2 Å². The van der Waals surface area contributed by atoms with Crippen molar-refractivity contribution in [1.29, 1.82) is 0 Å². The van der Waals surface area contributed by atoms with E-state index in [-0.39, 0.29) is 5.91 Å². The fourth-order valence-electron chi connectivity index (χ4n) is 1.67. The fourth-order valence-corrected chi connectivity index (χ4v) is 1.67. The van der Waals surface area contributed by atoms with Crippen molar-refractivity contribution in [1.82, 2.24) is 10.2 Å². The Kier molecular flexibility index (Phi) is 4.05. The zero-order chi connectivity index (χ0) is 14.5. The Morgan fingerprint density at radius 2 is 2.00 bits per heavy atom. The van der Waals surface area contributed by atoms with E-state index in [4.69, 9.17) is 4.74 Å². The van der Waals surface area contributed by atoms with E-state index in [9.17, 15) is 9.59 Å². The second kappa shape index (κ2) is 5.92. The standard InChI is InChI=1S/C14H13N3O3/c1-9-3-4-12(11(7-9)14(19)20-2)17-13(18)10-5-6-15-16-8-10/h3-8H,1-2H3,(H,17,18). The molecule has 6 nitrogen and oxygen atoms in total. The van der Waals surface area contributed by atoms with Crippen molar-refractivity contribution >= 4 is 17.6 Å². The van der Waals surface area contributed by atoms with Gasteiger partial charge < -0.3 is 10.1 Å². The zero-order valence-corrected chi connectivity index (χ0v) is 11.1. The first-order chi connectivity index (χ1) is 9.61. The van der Waals surface area contributed by atoms with Gasteiger partial charge in [-0.25, -0.2) is 4.79 Å². The molecule has 2 aromatic rings. The van der Waals surface area contributed by atoms with E-state index in [1.807, 2.05) is 6.92 Å². The SMILES string of the molecule is COC(=O)c1cc(C)ccc1NC(=O)c1ccnnc1. The zero-order valence-electron chi connectivity index (χ0n) is 11.1. The van der Waals surface area contributed by atoms with Crippen molar-refractivity contribution < 1.29 is 14.3 Å². The fraction of sp³-hybridized carbons (Fsp3) is 0.143. The molecule has 0 aliphatic heterocycles. The summed E-state index contributed by atoms with van der Waals surface area (Å²) in [6.07, 6.45) is 2.77. The molecule has 0 spiro atoms. The summed E-state index contributed by atoms with van der Waals surface area (Å²) in [4.78, 5) is 23.7. The minimum Gasteiger partial charge on any atom is -0.465 e. The van der Waals surface area contributed by atoms with Crippen molar-refractivity contribution in [3.63, 3.8) is 0 Å². The van der Waals surface area contributed by atoms with Gasteiger partial charge in [0, 0.05) is 0 Å². The maximum atomic E-state index is 12.0. The molecule has 0 saturated heterocycles. The highest BCUT2D eigenvalue weighted by molar-refractivity contribution is 6.07. The lowest BCUT2D eigenvalue weighted by Gasteiger charge is -2.10. The topological polar surface area (TPSA) is 81.2 Å². The first-order valence-electron chi connectivity index (χ1n) is 5.89. The summed E-state index contributed by atoms with van der Waals surface area (Å²) in [5, 5.41) is 9.90. The van der Waals surface area contributed by atoms with Crippen LogP contribution in [0.3, 0.4) is 0 Å². The van der Waals surface area contributed by atoms with Crippen LogP contribution >= 0.6 is 0 Å². The van der Waals surface area contributed by atoms with Crippen LogP contribution in [-0.4, -0.2) is 29.2 Å². The minimum absolute atomic E-state index is 0.308. The monoisotopic (exact) mass is 271 g/mol. The molecule has 102 valence electrons. The summed E-state index contributed by atoms with van der Waals surface area (Å²) in [5.41, 5.74) is 1.96. The van der Waals surface area contributed by atoms with Crippen LogP contribution in [0.25, 0.3) is 0 Å². The van der Waals surface area contributed by atoms with Gasteiger partial charge in [-0.3, -0.25) is 4.79 Å². The van der Waals surface area contributed by atoms with Crippen LogP contribution in [0.15, 0.2) is 36.7 Å². The van der Waals surface area contributed by atoms with Crippen LogP contribution in [0.2, 0.25) is 0 Å². The molecular weight excluding hydrogens is 258 g/mol. The number of rotatable bonds is 3. The van der Waals surface area contributed by atoms with Crippen molar-refractivity contribution in [3.05, 3.63) is 53.3 Å². The Balaban J connectivity index is 2.30. The van der Waals surface area contributed by atoms with E-state index in [0.717, 1.165) is 5.56 Å². The highest BCUT2D eigenvalue weighted by Gasteiger charge is 2.15. The molecule has 2 rings (SSSR count). The molecule has 0 aliphatic carbocycles. The summed E-state index contributed by atoms with van der Waals surface area (Å²) in [7, 11) is 1.29. The molecular formula is C14H13N3O3. The third-order valence-corrected chi connectivity index (χ3v) is 2.68. The van der Waals surface area contributed by atoms with Gasteiger partial charge >= 0.3 is 5.97 Å². The average Bonchev–Trinajstić information content (AvgIpc) is 2.49. The van der Waals surface area contributed by atoms with Gasteiger partial charge in [-0.1, -0.05) is 11.6 Å². The van der Waals surface area contributed by atoms with Gasteiger partial charge in [0.25, 0.3) is 5.91 Å². The largest absolute Gasteiger partial charge is 0.465 e. The summed E-state index contributed by atoms with van der Waals surface area (Å²) in [6.45, 7) is 1.85. The van der Waals surface area contributed by atoms with Crippen molar-refractivity contribution in [2.75, 3.05) is 12.4 Å². The lowest BCUT2D eigenvalue weighted by Crippen LogP contribution is -2.15. The molecule has 1 N–H and O–H groups in total. The summed E-state index contributed by atoms with van der Waals surface area (Å²) >= 11 is 0. The summed E-state index contributed by atoms with van der Waals surface area (Å²) in [5.74, 6) is -0.870. The van der Waals surface area contributed by atoms with Gasteiger partial charge in [0.05, 0.1) is 36.3 Å². The highest BCUT2D eigenvalue weighted by atomic mass is 16.5. The normalized spacial score (nSPS) is 9.90. The second-order valence-electron chi connectivity index (χ2n) is 4.13. The molecule has 20 heavy (non-hydrogen) atoms. The maximum absolute atomic E-state index is 12.0. The molecule has 1 heterocycles. The van der Waals surface area contributed by atoms with E-state index in [0.29, 0.717) is 16.8 Å². The van der Waals surface area contributed by atoms with E-state index in [1.165, 1.54) is 25.6 Å². The number of anilines is 1. The lowest BCUT2D eigenvalue weighted by atomic mass is 10.1. The Morgan fingerprint density at radius 3 is 2.65 bits per heavy atom. The van der Waals surface area contributed by atoms with E-state index >= 15 is 0 Å². The number of hydrogen-bond acceptors (Lipinski definition) is 5. The number of amides is 1. The molecule has 1 aromatic carbocycles. The van der Waals surface area contributed by atoms with Crippen LogP contribution in [0, 0.1) is 6.92 Å². The third-order valence-electron chi connectivity index (χ3n) is 2.68. The van der Waals surface area contributed by atoms with Gasteiger partial charge in [0.2, 0.25) is 0 Å². The summed E-state index contributed by atoms with van der Waals surface area (Å²) < 4.78 is 4.71. The lowest BCUT2D eigenvalue weighted by molar-refractivity contribution is 0.0602. The van der Waals surface area contributed by atoms with Crippen molar-refractivity contribution in [2.24, 2.45) is 0 Å². The molecule has 0 unspecified atom stereocenters. The Morgan fingerprint density at radius 1 is 1.20 bits per heavy atom. The van der Waals surface area contributed by atoms with E-state index in [2.05, 4.69) is 15.5 Å². The molecule has 0 aliphatic rings. The maximum Gasteiger partial charge on any atom is 0.339 e. The van der Waals surface area contributed by atoms with Crippen LogP contribution in [0.1, 0.15) is 26.3 Å². The molecule has 6 heteroatoms. The van der Waals surface area contributed by atoms with E-state index < -0.39 is 5.97 Å². The molecule has 1 aromatic heterocycles. The first kappa shape index (κ1) is 13.7. The Hall–Kier alpha value is -2.76. The number of hydrogen-bond donors (Lipinski definition) is 1. The van der Waals surface area contributed by atoms with Gasteiger partial charge in [0.15, 0.2) is 0 Å². The smallest absolute Gasteiger partial charge is 0.339 e. The van der Waals surface area contributed by atoms with Crippen LogP contribution < -0.4 is 5.32 Å². The number of esters is 1. The van der Waals surface area contributed by atoms with E-state index in [1.54, 1.807) is 18.2 Å². The van der Waals surface area contributed by atoms with Gasteiger partial charge in [-0.05, 0) is 25.1 Å². The third kappa shape index (κ3) is 2.97. The predicted octanol–water partition coefficient (Wildman–Crippen LogP) is 1.82. The molecule has 1 amide bonds. The number of methoxy groups -OCH3 is 1. The number of nitrogens with zero attached hydrogens (tertiary/aromatic N) is 2. The number of benzene rings is 1. The number of aromatic nitrogens is 2. The highest BCUT2D eigenvalue weighted by Crippen LogP contribution is 2.19. The van der Waals surface area contributed by atoms with Crippen LogP contribution in [-0.2, 0) is 4.74 Å². The molecule has 0 atom stereocenters. The Bertz CT molecular complexity index is 641. The van der Waals surface area contributed by atoms with Gasteiger partial charge in [0.1, 0.15) is 0 Å². The Labute approximate surface area is 115 Å². The number of aryl methyl sites for hydroxylation is 1. The second-order valence-corrected chi connectivity index (χ2v) is 4.13. The number of carbonyl (C=O) groups is 2. The summed E-state index contributed by atoms with van der Waals surface area (Å²) in [6, 6.07) is 6.65. The molecule has 0 saturated carbocycles. The number of nitrogens with one attached hydrogen (secondary N) is 1. The van der Waals surface area contributed by atoms with Crippen molar-refractivity contribution in [3.8, 4) is 0 Å². The first-order valence-corrected chi connectivity index (χ1v) is 5.89. The van der Waals surface area contributed by atoms with Crippen molar-refractivity contribution in [2.45, 2.75) is 6.92 Å². The van der Waals surface area contributed by atoms with Crippen LogP contribution in [0.4, 0.5) is 5.69 Å². The minimum atomic E-state index is -0.503. The molecule has 0 fully saturated rings. The predicted molar refractivity (Wildman–Crippen MR) is 72.5 cm³/mol.